The van der Waals surface area contributed by atoms with E-state index in [4.69, 9.17) is 0 Å². The maximum atomic E-state index is 13.0. The van der Waals surface area contributed by atoms with Crippen LogP contribution in [0.2, 0.25) is 0 Å². The fraction of sp³-hybridized carbons (Fsp3) is 0.650. The van der Waals surface area contributed by atoms with Gasteiger partial charge in [-0.1, -0.05) is 25.5 Å². The van der Waals surface area contributed by atoms with Crippen molar-refractivity contribution in [1.82, 2.24) is 9.21 Å². The molecule has 1 aromatic rings. The van der Waals surface area contributed by atoms with Gasteiger partial charge in [0, 0.05) is 26.2 Å². The molecule has 0 N–H and O–H groups in total. The highest BCUT2D eigenvalue weighted by atomic mass is 32.2. The number of aryl methyl sites for hydroxylation is 1. The van der Waals surface area contributed by atoms with E-state index in [9.17, 15) is 13.2 Å². The monoisotopic (exact) mass is 380 g/mol. The average Bonchev–Trinajstić information content (AvgIpc) is 2.67. The van der Waals surface area contributed by atoms with E-state index in [2.05, 4.69) is 6.92 Å². The van der Waals surface area contributed by atoms with E-state index in [-0.39, 0.29) is 18.4 Å². The SMILES string of the molecule is CCCCc1ccc(S(=O)(=O)N2CCCC(C(=O)N(CC)CC)C2)cc1. The molecule has 1 unspecified atom stereocenters. The molecule has 1 heterocycles. The number of nitrogens with zero attached hydrogens (tertiary/aromatic N) is 2. The van der Waals surface area contributed by atoms with Crippen LogP contribution in [0.4, 0.5) is 0 Å². The molecule has 6 heteroatoms. The van der Waals surface area contributed by atoms with Gasteiger partial charge in [0.15, 0.2) is 0 Å². The molecule has 1 aliphatic rings. The van der Waals surface area contributed by atoms with Gasteiger partial charge in [0.25, 0.3) is 0 Å². The van der Waals surface area contributed by atoms with Gasteiger partial charge in [-0.25, -0.2) is 8.42 Å². The molecular weight excluding hydrogens is 348 g/mol. The van der Waals surface area contributed by atoms with Gasteiger partial charge in [0.2, 0.25) is 15.9 Å². The Bertz CT molecular complexity index is 682. The number of carbonyl (C=O) groups is 1. The molecule has 1 aliphatic heterocycles. The van der Waals surface area contributed by atoms with E-state index in [1.807, 2.05) is 26.0 Å². The predicted molar refractivity (Wildman–Crippen MR) is 104 cm³/mol. The number of rotatable bonds is 8. The Hall–Kier alpha value is -1.40. The summed E-state index contributed by atoms with van der Waals surface area (Å²) < 4.78 is 27.5. The number of benzene rings is 1. The van der Waals surface area contributed by atoms with E-state index >= 15 is 0 Å². The van der Waals surface area contributed by atoms with Crippen molar-refractivity contribution in [2.24, 2.45) is 5.92 Å². The van der Waals surface area contributed by atoms with Gasteiger partial charge in [0.05, 0.1) is 10.8 Å². The number of carbonyl (C=O) groups excluding carboxylic acids is 1. The second-order valence-electron chi connectivity index (χ2n) is 6.96. The molecule has 1 fully saturated rings. The van der Waals surface area contributed by atoms with Crippen LogP contribution in [-0.2, 0) is 21.2 Å². The summed E-state index contributed by atoms with van der Waals surface area (Å²) >= 11 is 0. The number of unbranched alkanes of at least 4 members (excludes halogenated alkanes) is 1. The minimum Gasteiger partial charge on any atom is -0.343 e. The number of amides is 1. The fourth-order valence-electron chi connectivity index (χ4n) is 3.51. The largest absolute Gasteiger partial charge is 0.343 e. The van der Waals surface area contributed by atoms with Crippen LogP contribution in [0.5, 0.6) is 0 Å². The quantitative estimate of drug-likeness (QED) is 0.695. The van der Waals surface area contributed by atoms with Crippen molar-refractivity contribution in [3.63, 3.8) is 0 Å². The highest BCUT2D eigenvalue weighted by Crippen LogP contribution is 2.25. The van der Waals surface area contributed by atoms with Crippen molar-refractivity contribution in [3.8, 4) is 0 Å². The highest BCUT2D eigenvalue weighted by molar-refractivity contribution is 7.89. The third-order valence-electron chi connectivity index (χ3n) is 5.19. The van der Waals surface area contributed by atoms with E-state index in [1.54, 1.807) is 17.0 Å². The summed E-state index contributed by atoms with van der Waals surface area (Å²) in [7, 11) is -3.54. The van der Waals surface area contributed by atoms with E-state index < -0.39 is 10.0 Å². The first kappa shape index (κ1) is 20.9. The summed E-state index contributed by atoms with van der Waals surface area (Å²) in [4.78, 5) is 14.7. The summed E-state index contributed by atoms with van der Waals surface area (Å²) in [5.74, 6) is -0.160. The van der Waals surface area contributed by atoms with Crippen molar-refractivity contribution >= 4 is 15.9 Å². The van der Waals surface area contributed by atoms with Crippen molar-refractivity contribution in [3.05, 3.63) is 29.8 Å². The van der Waals surface area contributed by atoms with E-state index in [0.717, 1.165) is 32.1 Å². The van der Waals surface area contributed by atoms with Crippen molar-refractivity contribution < 1.29 is 13.2 Å². The lowest BCUT2D eigenvalue weighted by molar-refractivity contribution is -0.136. The van der Waals surface area contributed by atoms with Gasteiger partial charge in [-0.2, -0.15) is 4.31 Å². The molecule has 146 valence electrons. The first-order valence-corrected chi connectivity index (χ1v) is 11.3. The van der Waals surface area contributed by atoms with Crippen LogP contribution in [-0.4, -0.2) is 49.7 Å². The van der Waals surface area contributed by atoms with Gasteiger partial charge < -0.3 is 4.90 Å². The summed E-state index contributed by atoms with van der Waals surface area (Å²) in [6.45, 7) is 8.16. The Morgan fingerprint density at radius 1 is 1.15 bits per heavy atom. The lowest BCUT2D eigenvalue weighted by Gasteiger charge is -2.33. The summed E-state index contributed by atoms with van der Waals surface area (Å²) in [5, 5.41) is 0. The smallest absolute Gasteiger partial charge is 0.243 e. The molecule has 26 heavy (non-hydrogen) atoms. The number of hydrogen-bond acceptors (Lipinski definition) is 3. The molecule has 0 radical (unpaired) electrons. The molecule has 5 nitrogen and oxygen atoms in total. The Morgan fingerprint density at radius 3 is 2.38 bits per heavy atom. The molecule has 0 saturated carbocycles. The second-order valence-corrected chi connectivity index (χ2v) is 8.90. The summed E-state index contributed by atoms with van der Waals surface area (Å²) in [5.41, 5.74) is 1.17. The molecule has 2 rings (SSSR count). The van der Waals surface area contributed by atoms with Crippen molar-refractivity contribution in [2.75, 3.05) is 26.2 Å². The summed E-state index contributed by atoms with van der Waals surface area (Å²) in [6.07, 6.45) is 4.69. The van der Waals surface area contributed by atoms with Crippen LogP contribution in [0.3, 0.4) is 0 Å². The lowest BCUT2D eigenvalue weighted by Crippen LogP contribution is -2.46. The van der Waals surface area contributed by atoms with Crippen molar-refractivity contribution in [2.45, 2.75) is 57.8 Å². The number of sulfonamides is 1. The molecule has 1 amide bonds. The zero-order chi connectivity index (χ0) is 19.2. The van der Waals surface area contributed by atoms with Crippen LogP contribution in [0.1, 0.15) is 52.0 Å². The van der Waals surface area contributed by atoms with Gasteiger partial charge in [-0.3, -0.25) is 4.79 Å². The first-order valence-electron chi connectivity index (χ1n) is 9.81. The Labute approximate surface area is 158 Å². The van der Waals surface area contributed by atoms with Gasteiger partial charge in [-0.05, 0) is 57.2 Å². The molecule has 1 aromatic carbocycles. The Morgan fingerprint density at radius 2 is 1.81 bits per heavy atom. The Balaban J connectivity index is 2.11. The highest BCUT2D eigenvalue weighted by Gasteiger charge is 2.34. The maximum absolute atomic E-state index is 13.0. The van der Waals surface area contributed by atoms with Crippen molar-refractivity contribution in [1.29, 1.82) is 0 Å². The first-order chi connectivity index (χ1) is 12.4. The number of hydrogen-bond donors (Lipinski definition) is 0. The third kappa shape index (κ3) is 4.86. The van der Waals surface area contributed by atoms with Crippen LogP contribution < -0.4 is 0 Å². The average molecular weight is 381 g/mol. The van der Waals surface area contributed by atoms with Gasteiger partial charge in [-0.15, -0.1) is 0 Å². The lowest BCUT2D eigenvalue weighted by atomic mass is 9.98. The molecule has 0 spiro atoms. The molecule has 0 aliphatic carbocycles. The molecule has 1 saturated heterocycles. The maximum Gasteiger partial charge on any atom is 0.243 e. The summed E-state index contributed by atoms with van der Waals surface area (Å²) in [6, 6.07) is 7.22. The van der Waals surface area contributed by atoms with Gasteiger partial charge >= 0.3 is 0 Å². The molecular formula is C20H32N2O3S. The minimum atomic E-state index is -3.54. The zero-order valence-corrected chi connectivity index (χ0v) is 17.1. The standard InChI is InChI=1S/C20H32N2O3S/c1-4-7-9-17-11-13-19(14-12-17)26(24,25)22-15-8-10-18(16-22)20(23)21(5-2)6-3/h11-14,18H,4-10,15-16H2,1-3H3. The van der Waals surface area contributed by atoms with Gasteiger partial charge in [0.1, 0.15) is 0 Å². The molecule has 0 aromatic heterocycles. The number of piperidine rings is 1. The fourth-order valence-corrected chi connectivity index (χ4v) is 5.04. The van der Waals surface area contributed by atoms with Crippen LogP contribution >= 0.6 is 0 Å². The molecule has 0 bridgehead atoms. The zero-order valence-electron chi connectivity index (χ0n) is 16.3. The topological polar surface area (TPSA) is 57.7 Å². The normalized spacial score (nSPS) is 18.7. The predicted octanol–water partition coefficient (Wildman–Crippen LogP) is 3.30. The minimum absolute atomic E-state index is 0.0739. The van der Waals surface area contributed by atoms with Crippen LogP contribution in [0.25, 0.3) is 0 Å². The van der Waals surface area contributed by atoms with E-state index in [1.165, 1.54) is 9.87 Å². The van der Waals surface area contributed by atoms with Crippen LogP contribution in [0.15, 0.2) is 29.2 Å². The van der Waals surface area contributed by atoms with Crippen LogP contribution in [0, 0.1) is 5.92 Å². The third-order valence-corrected chi connectivity index (χ3v) is 7.07. The second kappa shape index (κ2) is 9.51. The van der Waals surface area contributed by atoms with E-state index in [0.29, 0.717) is 24.5 Å². The Kier molecular flexibility index (Phi) is 7.65. The molecule has 1 atom stereocenters.